The molecule has 1 saturated heterocycles. The normalized spacial score (nSPS) is 17.6. The molecule has 7 heteroatoms. The third-order valence-electron chi connectivity index (χ3n) is 3.87. The second kappa shape index (κ2) is 7.99. The van der Waals surface area contributed by atoms with Crippen molar-refractivity contribution in [3.05, 3.63) is 29.8 Å². The van der Waals surface area contributed by atoms with E-state index >= 15 is 0 Å². The summed E-state index contributed by atoms with van der Waals surface area (Å²) in [6, 6.07) is 7.64. The van der Waals surface area contributed by atoms with E-state index in [2.05, 4.69) is 5.32 Å². The number of urea groups is 1. The summed E-state index contributed by atoms with van der Waals surface area (Å²) < 4.78 is 5.19. The molecule has 138 valence electrons. The van der Waals surface area contributed by atoms with E-state index in [4.69, 9.17) is 4.74 Å². The van der Waals surface area contributed by atoms with Crippen LogP contribution in [0.2, 0.25) is 0 Å². The number of hydrogen-bond donors (Lipinski definition) is 1. The first-order valence-corrected chi connectivity index (χ1v) is 9.34. The van der Waals surface area contributed by atoms with Gasteiger partial charge in [-0.05, 0) is 38.5 Å². The quantitative estimate of drug-likeness (QED) is 0.871. The van der Waals surface area contributed by atoms with Crippen LogP contribution < -0.4 is 10.1 Å². The molecule has 1 aliphatic heterocycles. The first kappa shape index (κ1) is 19.4. The summed E-state index contributed by atoms with van der Waals surface area (Å²) in [5.41, 5.74) is 0.787. The Morgan fingerprint density at radius 3 is 2.56 bits per heavy atom. The zero-order valence-corrected chi connectivity index (χ0v) is 16.4. The number of carbonyl (C=O) groups is 2. The monoisotopic (exact) mass is 365 g/mol. The summed E-state index contributed by atoms with van der Waals surface area (Å²) in [4.78, 5) is 27.9. The van der Waals surface area contributed by atoms with E-state index in [-0.39, 0.29) is 22.9 Å². The van der Waals surface area contributed by atoms with E-state index in [1.54, 1.807) is 30.8 Å². The van der Waals surface area contributed by atoms with Crippen molar-refractivity contribution in [3.63, 3.8) is 0 Å². The standard InChI is InChI=1S/C18H27N3O3S/c1-18(2,3)19-17(23)20(4)10-11-21-15(22)12-25-16(21)13-6-8-14(24-5)9-7-13/h6-9,16H,10-12H2,1-5H3,(H,19,23)/t16-/m0/s1. The number of nitrogens with zero attached hydrogens (tertiary/aromatic N) is 2. The topological polar surface area (TPSA) is 61.9 Å². The van der Waals surface area contributed by atoms with Crippen LogP contribution in [-0.2, 0) is 4.79 Å². The number of nitrogens with one attached hydrogen (secondary N) is 1. The van der Waals surface area contributed by atoms with Crippen LogP contribution in [0.4, 0.5) is 4.79 Å². The summed E-state index contributed by atoms with van der Waals surface area (Å²) in [6.45, 7) is 6.83. The largest absolute Gasteiger partial charge is 0.497 e. The molecule has 0 unspecified atom stereocenters. The molecular formula is C18H27N3O3S. The number of benzene rings is 1. The maximum atomic E-state index is 12.3. The van der Waals surface area contributed by atoms with Crippen molar-refractivity contribution in [2.45, 2.75) is 31.7 Å². The lowest BCUT2D eigenvalue weighted by molar-refractivity contribution is -0.128. The van der Waals surface area contributed by atoms with Crippen molar-refractivity contribution in [2.24, 2.45) is 0 Å². The lowest BCUT2D eigenvalue weighted by Crippen LogP contribution is -2.49. The van der Waals surface area contributed by atoms with Crippen molar-refractivity contribution >= 4 is 23.7 Å². The Hall–Kier alpha value is -1.89. The van der Waals surface area contributed by atoms with Crippen LogP contribution in [0.25, 0.3) is 0 Å². The fraction of sp³-hybridized carbons (Fsp3) is 0.556. The van der Waals surface area contributed by atoms with Gasteiger partial charge in [-0.1, -0.05) is 12.1 Å². The number of hydrogen-bond acceptors (Lipinski definition) is 4. The number of carbonyl (C=O) groups excluding carboxylic acids is 2. The molecule has 1 aliphatic rings. The van der Waals surface area contributed by atoms with Crippen molar-refractivity contribution < 1.29 is 14.3 Å². The Morgan fingerprint density at radius 2 is 2.00 bits per heavy atom. The Balaban J connectivity index is 1.98. The van der Waals surface area contributed by atoms with Gasteiger partial charge in [0.2, 0.25) is 5.91 Å². The van der Waals surface area contributed by atoms with Gasteiger partial charge in [-0.25, -0.2) is 4.79 Å². The molecule has 3 amide bonds. The summed E-state index contributed by atoms with van der Waals surface area (Å²) in [7, 11) is 3.38. The maximum absolute atomic E-state index is 12.3. The highest BCUT2D eigenvalue weighted by atomic mass is 32.2. The summed E-state index contributed by atoms with van der Waals surface area (Å²) >= 11 is 1.61. The first-order chi connectivity index (χ1) is 11.7. The van der Waals surface area contributed by atoms with Crippen LogP contribution in [0.1, 0.15) is 31.7 Å². The number of methoxy groups -OCH3 is 1. The molecule has 0 saturated carbocycles. The van der Waals surface area contributed by atoms with Crippen LogP contribution in [-0.4, -0.2) is 60.3 Å². The highest BCUT2D eigenvalue weighted by molar-refractivity contribution is 8.00. The Labute approximate surface area is 153 Å². The first-order valence-electron chi connectivity index (χ1n) is 8.29. The number of thioether (sulfide) groups is 1. The molecule has 1 fully saturated rings. The molecule has 6 nitrogen and oxygen atoms in total. The molecule has 1 aromatic carbocycles. The lowest BCUT2D eigenvalue weighted by Gasteiger charge is -2.29. The molecule has 2 rings (SSSR count). The van der Waals surface area contributed by atoms with Gasteiger partial charge < -0.3 is 19.9 Å². The Bertz CT molecular complexity index is 613. The molecule has 1 heterocycles. The minimum Gasteiger partial charge on any atom is -0.497 e. The summed E-state index contributed by atoms with van der Waals surface area (Å²) in [5.74, 6) is 1.37. The SMILES string of the molecule is COc1ccc([C@@H]2SCC(=O)N2CCN(C)C(=O)NC(C)(C)C)cc1. The summed E-state index contributed by atoms with van der Waals surface area (Å²) in [5, 5.41) is 2.91. The van der Waals surface area contributed by atoms with Gasteiger partial charge in [0.15, 0.2) is 0 Å². The van der Waals surface area contributed by atoms with Gasteiger partial charge >= 0.3 is 6.03 Å². The molecule has 25 heavy (non-hydrogen) atoms. The number of amides is 3. The van der Waals surface area contributed by atoms with E-state index in [1.165, 1.54) is 0 Å². The number of likely N-dealkylation sites (N-methyl/N-ethyl adjacent to an activating group) is 1. The average Bonchev–Trinajstić information content (AvgIpc) is 2.92. The molecule has 0 radical (unpaired) electrons. The van der Waals surface area contributed by atoms with Crippen molar-refractivity contribution in [2.75, 3.05) is 33.0 Å². The molecule has 0 bridgehead atoms. The van der Waals surface area contributed by atoms with E-state index in [0.29, 0.717) is 18.8 Å². The third kappa shape index (κ3) is 5.29. The highest BCUT2D eigenvalue weighted by Crippen LogP contribution is 2.38. The Kier molecular flexibility index (Phi) is 6.21. The van der Waals surface area contributed by atoms with Gasteiger partial charge in [-0.2, -0.15) is 0 Å². The predicted molar refractivity (Wildman–Crippen MR) is 101 cm³/mol. The van der Waals surface area contributed by atoms with E-state index in [9.17, 15) is 9.59 Å². The van der Waals surface area contributed by atoms with Crippen LogP contribution in [0.15, 0.2) is 24.3 Å². The van der Waals surface area contributed by atoms with Crippen molar-refractivity contribution in [1.29, 1.82) is 0 Å². The van der Waals surface area contributed by atoms with Crippen molar-refractivity contribution in [3.8, 4) is 5.75 Å². The fourth-order valence-electron chi connectivity index (χ4n) is 2.52. The molecule has 0 aromatic heterocycles. The second-order valence-corrected chi connectivity index (χ2v) is 8.19. The fourth-order valence-corrected chi connectivity index (χ4v) is 3.73. The van der Waals surface area contributed by atoms with Crippen LogP contribution >= 0.6 is 11.8 Å². The van der Waals surface area contributed by atoms with Gasteiger partial charge in [0.25, 0.3) is 0 Å². The van der Waals surface area contributed by atoms with E-state index in [0.717, 1.165) is 11.3 Å². The summed E-state index contributed by atoms with van der Waals surface area (Å²) in [6.07, 6.45) is 0. The van der Waals surface area contributed by atoms with Gasteiger partial charge in [0.05, 0.1) is 12.9 Å². The zero-order valence-electron chi connectivity index (χ0n) is 15.5. The smallest absolute Gasteiger partial charge is 0.317 e. The van der Waals surface area contributed by atoms with Crippen LogP contribution in [0.5, 0.6) is 5.75 Å². The predicted octanol–water partition coefficient (Wildman–Crippen LogP) is 2.71. The van der Waals surface area contributed by atoms with Crippen LogP contribution in [0, 0.1) is 0 Å². The zero-order chi connectivity index (χ0) is 18.6. The molecule has 1 aromatic rings. The van der Waals surface area contributed by atoms with Crippen LogP contribution in [0.3, 0.4) is 0 Å². The molecule has 0 spiro atoms. The average molecular weight is 365 g/mol. The minimum absolute atomic E-state index is 0.0162. The minimum atomic E-state index is -0.281. The number of rotatable bonds is 5. The molecule has 1 atom stereocenters. The van der Waals surface area contributed by atoms with Gasteiger partial charge in [0.1, 0.15) is 11.1 Å². The Morgan fingerprint density at radius 1 is 1.36 bits per heavy atom. The molecule has 1 N–H and O–H groups in total. The van der Waals surface area contributed by atoms with E-state index < -0.39 is 0 Å². The lowest BCUT2D eigenvalue weighted by atomic mass is 10.1. The molecule has 0 aliphatic carbocycles. The van der Waals surface area contributed by atoms with Gasteiger partial charge in [0, 0.05) is 25.7 Å². The molecular weight excluding hydrogens is 338 g/mol. The maximum Gasteiger partial charge on any atom is 0.317 e. The highest BCUT2D eigenvalue weighted by Gasteiger charge is 2.33. The third-order valence-corrected chi connectivity index (χ3v) is 5.13. The number of ether oxygens (including phenoxy) is 1. The van der Waals surface area contributed by atoms with Crippen molar-refractivity contribution in [1.82, 2.24) is 15.1 Å². The van der Waals surface area contributed by atoms with E-state index in [1.807, 2.05) is 49.9 Å². The van der Waals surface area contributed by atoms with Gasteiger partial charge in [-0.15, -0.1) is 11.8 Å². The second-order valence-electron chi connectivity index (χ2n) is 7.13. The van der Waals surface area contributed by atoms with Gasteiger partial charge in [-0.3, -0.25) is 4.79 Å².